The van der Waals surface area contributed by atoms with Gasteiger partial charge in [-0.1, -0.05) is 155 Å². The molecule has 0 aromatic heterocycles. The zero-order valence-corrected chi connectivity index (χ0v) is 30.4. The molecule has 43 heavy (non-hydrogen) atoms. The average molecular weight is 647 g/mol. The topological polar surface area (TPSA) is 149 Å². The number of aliphatic hydroxyl groups excluding tert-OH is 4. The van der Waals surface area contributed by atoms with Gasteiger partial charge < -0.3 is 39.1 Å². The second-order valence-electron chi connectivity index (χ2n) is 12.2. The summed E-state index contributed by atoms with van der Waals surface area (Å²) in [5.74, 6) is 0. The molecule has 0 aromatic rings. The van der Waals surface area contributed by atoms with E-state index in [1.165, 1.54) is 128 Å². The van der Waals surface area contributed by atoms with Crippen LogP contribution in [0.15, 0.2) is 0 Å². The quantitative estimate of drug-likeness (QED) is 0.0543. The third-order valence-electron chi connectivity index (χ3n) is 8.33. The normalized spacial score (nSPS) is 23.6. The van der Waals surface area contributed by atoms with Crippen LogP contribution in [-0.4, -0.2) is 64.3 Å². The predicted molar refractivity (Wildman–Crippen MR) is 165 cm³/mol. The fraction of sp³-hybridized carbons (Fsp3) is 1.00. The minimum absolute atomic E-state index is 0. The summed E-state index contributed by atoms with van der Waals surface area (Å²) in [7, 11) is -4.61. The molecule has 1 heterocycles. The second kappa shape index (κ2) is 29.1. The van der Waals surface area contributed by atoms with E-state index in [1.54, 1.807) is 0 Å². The minimum atomic E-state index is -4.61. The van der Waals surface area contributed by atoms with Gasteiger partial charge in [-0.3, -0.25) is 4.57 Å². The number of aliphatic hydroxyl groups is 4. The average Bonchev–Trinajstić information content (AvgIpc) is 2.97. The van der Waals surface area contributed by atoms with Gasteiger partial charge in [0.1, 0.15) is 24.4 Å². The van der Waals surface area contributed by atoms with Gasteiger partial charge in [-0.2, -0.15) is 0 Å². The zero-order valence-electron chi connectivity index (χ0n) is 27.5. The summed E-state index contributed by atoms with van der Waals surface area (Å²) in [4.78, 5) is 11.9. The molecule has 1 saturated heterocycles. The minimum Gasteiger partial charge on any atom is -0.756 e. The third kappa shape index (κ3) is 23.8. The predicted octanol–water partition coefficient (Wildman–Crippen LogP) is 3.67. The first-order valence-corrected chi connectivity index (χ1v) is 18.7. The largest absolute Gasteiger partial charge is 1.00 e. The van der Waals surface area contributed by atoms with E-state index in [0.717, 1.165) is 19.3 Å². The van der Waals surface area contributed by atoms with E-state index in [2.05, 4.69) is 6.92 Å². The second-order valence-corrected chi connectivity index (χ2v) is 13.7. The van der Waals surface area contributed by atoms with E-state index in [1.807, 2.05) is 0 Å². The van der Waals surface area contributed by atoms with Gasteiger partial charge in [0.25, 0.3) is 7.82 Å². The van der Waals surface area contributed by atoms with Crippen LogP contribution < -0.4 is 34.5 Å². The van der Waals surface area contributed by atoms with Crippen LogP contribution in [0.3, 0.4) is 0 Å². The molecule has 4 N–H and O–H groups in total. The Hall–Kier alpha value is 0.910. The standard InChI is InChI=1S/C32H65O9P.Na/c1-2-3-4-5-6-7-8-9-10-11-12-13-14-15-16-17-18-19-20-21-22-23-24-25-26-39-42(37,38)40-27-28-29(33)30(34)31(35)32(36)41-28;/h28-36H,2-27H2,1H3,(H,37,38);/q;+1/p-1/t28-,29-,30+,31+,32?;/m1./s1. The number of ether oxygens (including phenoxy) is 1. The Labute approximate surface area is 284 Å². The molecule has 11 heteroatoms. The van der Waals surface area contributed by atoms with Crippen molar-refractivity contribution in [2.45, 2.75) is 192 Å². The smallest absolute Gasteiger partial charge is 0.756 e. The van der Waals surface area contributed by atoms with Crippen molar-refractivity contribution in [1.82, 2.24) is 0 Å². The first-order chi connectivity index (χ1) is 20.3. The number of phosphoric acid groups is 1. The van der Waals surface area contributed by atoms with Crippen molar-refractivity contribution in [1.29, 1.82) is 0 Å². The van der Waals surface area contributed by atoms with Crippen molar-refractivity contribution in [2.24, 2.45) is 0 Å². The van der Waals surface area contributed by atoms with Crippen LogP contribution >= 0.6 is 7.82 Å². The molecule has 1 rings (SSSR count). The summed E-state index contributed by atoms with van der Waals surface area (Å²) in [5.41, 5.74) is 0. The molecule has 0 aromatic carbocycles. The molecule has 0 saturated carbocycles. The fourth-order valence-corrected chi connectivity index (χ4v) is 6.27. The molecule has 6 atom stereocenters. The Morgan fingerprint density at radius 1 is 0.558 bits per heavy atom. The van der Waals surface area contributed by atoms with E-state index in [9.17, 15) is 29.9 Å². The van der Waals surface area contributed by atoms with E-state index in [4.69, 9.17) is 13.8 Å². The summed E-state index contributed by atoms with van der Waals surface area (Å²) in [6, 6.07) is 0. The Kier molecular flexibility index (Phi) is 29.7. The molecule has 0 spiro atoms. The number of phosphoric ester groups is 1. The van der Waals surface area contributed by atoms with Crippen LogP contribution in [0.1, 0.15) is 161 Å². The van der Waals surface area contributed by atoms with Crippen LogP contribution in [0.5, 0.6) is 0 Å². The molecule has 1 fully saturated rings. The fourth-order valence-electron chi connectivity index (χ4n) is 5.51. The maximum absolute atomic E-state index is 11.9. The number of hydrogen-bond donors (Lipinski definition) is 4. The van der Waals surface area contributed by atoms with Crippen LogP contribution in [0.2, 0.25) is 0 Å². The van der Waals surface area contributed by atoms with E-state index >= 15 is 0 Å². The van der Waals surface area contributed by atoms with Crippen molar-refractivity contribution in [3.8, 4) is 0 Å². The molecule has 1 aliphatic rings. The van der Waals surface area contributed by atoms with Gasteiger partial charge in [0, 0.05) is 0 Å². The first kappa shape index (κ1) is 43.9. The van der Waals surface area contributed by atoms with Crippen LogP contribution in [0, 0.1) is 0 Å². The first-order valence-electron chi connectivity index (χ1n) is 17.3. The number of unbranched alkanes of at least 4 members (excludes halogenated alkanes) is 23. The van der Waals surface area contributed by atoms with Gasteiger partial charge in [-0.05, 0) is 6.42 Å². The summed E-state index contributed by atoms with van der Waals surface area (Å²) >= 11 is 0. The monoisotopic (exact) mass is 646 g/mol. The number of hydrogen-bond acceptors (Lipinski definition) is 9. The van der Waals surface area contributed by atoms with E-state index in [0.29, 0.717) is 6.42 Å². The molecule has 2 unspecified atom stereocenters. The molecular weight excluding hydrogens is 582 g/mol. The Bertz CT molecular complexity index is 660. The molecule has 0 radical (unpaired) electrons. The Morgan fingerprint density at radius 3 is 1.28 bits per heavy atom. The third-order valence-corrected chi connectivity index (χ3v) is 9.30. The van der Waals surface area contributed by atoms with Gasteiger partial charge in [0.05, 0.1) is 13.2 Å². The SMILES string of the molecule is CCCCCCCCCCCCCCCCCCCCCCCCCCOP(=O)([O-])OC[C@H]1OC(O)[C@@H](O)[C@@H](O)[C@@H]1O.[Na+]. The molecular formula is C32H64NaO9P. The summed E-state index contributed by atoms with van der Waals surface area (Å²) in [5, 5.41) is 38.4. The van der Waals surface area contributed by atoms with Gasteiger partial charge in [-0.15, -0.1) is 0 Å². The maximum atomic E-state index is 11.9. The van der Waals surface area contributed by atoms with Crippen molar-refractivity contribution < 1.29 is 73.2 Å². The van der Waals surface area contributed by atoms with Crippen LogP contribution in [0.4, 0.5) is 0 Å². The van der Waals surface area contributed by atoms with Gasteiger partial charge >= 0.3 is 29.6 Å². The summed E-state index contributed by atoms with van der Waals surface area (Å²) in [6.45, 7) is 1.65. The van der Waals surface area contributed by atoms with E-state index < -0.39 is 45.1 Å². The maximum Gasteiger partial charge on any atom is 1.00 e. The number of rotatable bonds is 29. The van der Waals surface area contributed by atoms with Gasteiger partial charge in [0.15, 0.2) is 6.29 Å². The Morgan fingerprint density at radius 2 is 0.907 bits per heavy atom. The van der Waals surface area contributed by atoms with E-state index in [-0.39, 0.29) is 36.2 Å². The van der Waals surface area contributed by atoms with Crippen LogP contribution in [0.25, 0.3) is 0 Å². The van der Waals surface area contributed by atoms with Crippen molar-refractivity contribution in [2.75, 3.05) is 13.2 Å². The zero-order chi connectivity index (χ0) is 30.9. The van der Waals surface area contributed by atoms with Crippen molar-refractivity contribution in [3.63, 3.8) is 0 Å². The Balaban J connectivity index is 0.0000176. The molecule has 0 bridgehead atoms. The van der Waals surface area contributed by atoms with Crippen molar-refractivity contribution >= 4 is 7.82 Å². The van der Waals surface area contributed by atoms with Gasteiger partial charge in [0.2, 0.25) is 0 Å². The molecule has 9 nitrogen and oxygen atoms in total. The molecule has 0 amide bonds. The molecule has 0 aliphatic carbocycles. The molecule has 252 valence electrons. The van der Waals surface area contributed by atoms with Gasteiger partial charge in [-0.25, -0.2) is 0 Å². The van der Waals surface area contributed by atoms with Crippen molar-refractivity contribution in [3.05, 3.63) is 0 Å². The summed E-state index contributed by atoms with van der Waals surface area (Å²) < 4.78 is 26.4. The molecule has 1 aliphatic heterocycles. The summed E-state index contributed by atoms with van der Waals surface area (Å²) in [6.07, 6.45) is 23.2. The van der Waals surface area contributed by atoms with Crippen LogP contribution in [-0.2, 0) is 18.3 Å².